The summed E-state index contributed by atoms with van der Waals surface area (Å²) in [6.45, 7) is 9.80. The molecule has 1 rings (SSSR count). The standard InChI is InChI=1S/C16H27NO2/c1-5-19-16-8-11(2)15(12(3)13(16)4)7-6-14(9-17)10-18/h8,14,18H,5-7,9-10,17H2,1-4H3. The van der Waals surface area contributed by atoms with Crippen LogP contribution in [-0.2, 0) is 6.42 Å². The normalized spacial score (nSPS) is 12.5. The van der Waals surface area contributed by atoms with Gasteiger partial charge < -0.3 is 15.6 Å². The molecule has 3 heteroatoms. The Morgan fingerprint density at radius 1 is 1.26 bits per heavy atom. The topological polar surface area (TPSA) is 55.5 Å². The lowest BCUT2D eigenvalue weighted by atomic mass is 9.91. The fourth-order valence-corrected chi connectivity index (χ4v) is 2.42. The van der Waals surface area contributed by atoms with Gasteiger partial charge in [0.15, 0.2) is 0 Å². The third-order valence-electron chi connectivity index (χ3n) is 3.90. The molecule has 108 valence electrons. The number of ether oxygens (including phenoxy) is 1. The second-order valence-corrected chi connectivity index (χ2v) is 5.18. The number of nitrogens with two attached hydrogens (primary N) is 1. The molecule has 0 amide bonds. The molecule has 1 atom stereocenters. The summed E-state index contributed by atoms with van der Waals surface area (Å²) < 4.78 is 5.66. The molecule has 3 nitrogen and oxygen atoms in total. The first-order chi connectivity index (χ1) is 9.04. The Morgan fingerprint density at radius 3 is 2.47 bits per heavy atom. The van der Waals surface area contributed by atoms with Crippen LogP contribution in [0.5, 0.6) is 5.75 Å². The zero-order valence-corrected chi connectivity index (χ0v) is 12.6. The summed E-state index contributed by atoms with van der Waals surface area (Å²) in [5.74, 6) is 1.18. The van der Waals surface area contributed by atoms with Gasteiger partial charge in [-0.25, -0.2) is 0 Å². The van der Waals surface area contributed by atoms with Crippen molar-refractivity contribution in [2.75, 3.05) is 19.8 Å². The van der Waals surface area contributed by atoms with Crippen molar-refractivity contribution in [2.45, 2.75) is 40.5 Å². The Hall–Kier alpha value is -1.06. The first-order valence-corrected chi connectivity index (χ1v) is 7.08. The second kappa shape index (κ2) is 7.51. The zero-order valence-electron chi connectivity index (χ0n) is 12.6. The first-order valence-electron chi connectivity index (χ1n) is 7.08. The van der Waals surface area contributed by atoms with Gasteiger partial charge in [0.2, 0.25) is 0 Å². The van der Waals surface area contributed by atoms with Gasteiger partial charge in [-0.05, 0) is 81.3 Å². The van der Waals surface area contributed by atoms with Crippen LogP contribution in [0.2, 0.25) is 0 Å². The van der Waals surface area contributed by atoms with Gasteiger partial charge in [0.1, 0.15) is 5.75 Å². The fraction of sp³-hybridized carbons (Fsp3) is 0.625. The zero-order chi connectivity index (χ0) is 14.4. The summed E-state index contributed by atoms with van der Waals surface area (Å²) in [5.41, 5.74) is 10.8. The van der Waals surface area contributed by atoms with E-state index in [0.717, 1.165) is 18.6 Å². The molecule has 0 saturated carbocycles. The van der Waals surface area contributed by atoms with Crippen LogP contribution in [-0.4, -0.2) is 24.9 Å². The third kappa shape index (κ3) is 3.95. The van der Waals surface area contributed by atoms with E-state index in [9.17, 15) is 5.11 Å². The Morgan fingerprint density at radius 2 is 1.95 bits per heavy atom. The van der Waals surface area contributed by atoms with Gasteiger partial charge >= 0.3 is 0 Å². The van der Waals surface area contributed by atoms with Crippen molar-refractivity contribution in [3.63, 3.8) is 0 Å². The molecule has 3 N–H and O–H groups in total. The maximum atomic E-state index is 9.21. The molecule has 0 saturated heterocycles. The van der Waals surface area contributed by atoms with E-state index in [2.05, 4.69) is 26.8 Å². The van der Waals surface area contributed by atoms with Crippen molar-refractivity contribution < 1.29 is 9.84 Å². The summed E-state index contributed by atoms with van der Waals surface area (Å²) in [5, 5.41) is 9.21. The third-order valence-corrected chi connectivity index (χ3v) is 3.90. The Balaban J connectivity index is 2.93. The minimum Gasteiger partial charge on any atom is -0.494 e. The lowest BCUT2D eigenvalue weighted by Gasteiger charge is -2.18. The lowest BCUT2D eigenvalue weighted by molar-refractivity contribution is 0.223. The Labute approximate surface area is 116 Å². The van der Waals surface area contributed by atoms with Crippen molar-refractivity contribution in [3.05, 3.63) is 28.3 Å². The molecule has 0 aromatic heterocycles. The monoisotopic (exact) mass is 265 g/mol. The van der Waals surface area contributed by atoms with Crippen molar-refractivity contribution in [1.82, 2.24) is 0 Å². The predicted octanol–water partition coefficient (Wildman–Crippen LogP) is 2.51. The second-order valence-electron chi connectivity index (χ2n) is 5.18. The van der Waals surface area contributed by atoms with Crippen molar-refractivity contribution in [1.29, 1.82) is 0 Å². The van der Waals surface area contributed by atoms with Crippen LogP contribution >= 0.6 is 0 Å². The van der Waals surface area contributed by atoms with Crippen LogP contribution in [0.15, 0.2) is 6.07 Å². The van der Waals surface area contributed by atoms with Gasteiger partial charge in [0.25, 0.3) is 0 Å². The molecule has 0 spiro atoms. The molecule has 0 aliphatic heterocycles. The highest BCUT2D eigenvalue weighted by Gasteiger charge is 2.13. The highest BCUT2D eigenvalue weighted by atomic mass is 16.5. The van der Waals surface area contributed by atoms with Gasteiger partial charge in [-0.15, -0.1) is 0 Å². The molecule has 0 heterocycles. The number of rotatable bonds is 7. The molecule has 19 heavy (non-hydrogen) atoms. The number of benzene rings is 1. The molecular formula is C16H27NO2. The molecule has 0 fully saturated rings. The molecule has 0 aliphatic rings. The van der Waals surface area contributed by atoms with Crippen molar-refractivity contribution >= 4 is 0 Å². The minimum absolute atomic E-state index is 0.171. The average molecular weight is 265 g/mol. The highest BCUT2D eigenvalue weighted by Crippen LogP contribution is 2.29. The van der Waals surface area contributed by atoms with Gasteiger partial charge in [0.05, 0.1) is 6.61 Å². The highest BCUT2D eigenvalue weighted by molar-refractivity contribution is 5.48. The molecule has 0 radical (unpaired) electrons. The predicted molar refractivity (Wildman–Crippen MR) is 79.8 cm³/mol. The average Bonchev–Trinajstić information content (AvgIpc) is 2.40. The van der Waals surface area contributed by atoms with Gasteiger partial charge in [0, 0.05) is 6.61 Å². The molecule has 0 bridgehead atoms. The number of aryl methyl sites for hydroxylation is 1. The molecule has 0 aliphatic carbocycles. The van der Waals surface area contributed by atoms with E-state index in [0.29, 0.717) is 13.2 Å². The molecular weight excluding hydrogens is 238 g/mol. The van der Waals surface area contributed by atoms with Crippen molar-refractivity contribution in [3.8, 4) is 5.75 Å². The summed E-state index contributed by atoms with van der Waals surface area (Å²) in [6, 6.07) is 2.12. The minimum atomic E-state index is 0.171. The van der Waals surface area contributed by atoms with Crippen molar-refractivity contribution in [2.24, 2.45) is 11.7 Å². The van der Waals surface area contributed by atoms with Crippen LogP contribution in [0.3, 0.4) is 0 Å². The maximum absolute atomic E-state index is 9.21. The lowest BCUT2D eigenvalue weighted by Crippen LogP contribution is -2.19. The fourth-order valence-electron chi connectivity index (χ4n) is 2.42. The molecule has 1 unspecified atom stereocenters. The van der Waals surface area contributed by atoms with E-state index < -0.39 is 0 Å². The Kier molecular flexibility index (Phi) is 6.32. The van der Waals surface area contributed by atoms with E-state index in [1.807, 2.05) is 6.92 Å². The van der Waals surface area contributed by atoms with E-state index in [1.165, 1.54) is 22.3 Å². The van der Waals surface area contributed by atoms with E-state index in [1.54, 1.807) is 0 Å². The molecule has 1 aromatic carbocycles. The largest absolute Gasteiger partial charge is 0.494 e. The Bertz CT molecular complexity index is 412. The summed E-state index contributed by atoms with van der Waals surface area (Å²) >= 11 is 0. The van der Waals surface area contributed by atoms with Crippen LogP contribution in [0.1, 0.15) is 35.6 Å². The van der Waals surface area contributed by atoms with E-state index >= 15 is 0 Å². The SMILES string of the molecule is CCOc1cc(C)c(CCC(CN)CO)c(C)c1C. The van der Waals surface area contributed by atoms with E-state index in [4.69, 9.17) is 10.5 Å². The van der Waals surface area contributed by atoms with Gasteiger partial charge in [-0.2, -0.15) is 0 Å². The summed E-state index contributed by atoms with van der Waals surface area (Å²) in [6.07, 6.45) is 1.90. The van der Waals surface area contributed by atoms with Crippen LogP contribution in [0.4, 0.5) is 0 Å². The smallest absolute Gasteiger partial charge is 0.122 e. The number of hydrogen-bond donors (Lipinski definition) is 2. The number of aliphatic hydroxyl groups excluding tert-OH is 1. The maximum Gasteiger partial charge on any atom is 0.122 e. The summed E-state index contributed by atoms with van der Waals surface area (Å²) in [7, 11) is 0. The number of hydrogen-bond acceptors (Lipinski definition) is 3. The van der Waals surface area contributed by atoms with E-state index in [-0.39, 0.29) is 12.5 Å². The van der Waals surface area contributed by atoms with Gasteiger partial charge in [-0.1, -0.05) is 0 Å². The van der Waals surface area contributed by atoms with Crippen LogP contribution in [0, 0.1) is 26.7 Å². The molecule has 1 aromatic rings. The quantitative estimate of drug-likeness (QED) is 0.796. The van der Waals surface area contributed by atoms with Crippen LogP contribution < -0.4 is 10.5 Å². The van der Waals surface area contributed by atoms with Gasteiger partial charge in [-0.3, -0.25) is 0 Å². The first kappa shape index (κ1) is 16.0. The summed E-state index contributed by atoms with van der Waals surface area (Å²) in [4.78, 5) is 0. The number of aliphatic hydroxyl groups is 1. The van der Waals surface area contributed by atoms with Crippen LogP contribution in [0.25, 0.3) is 0 Å².